The third-order valence-electron chi connectivity index (χ3n) is 4.01. The van der Waals surface area contributed by atoms with Gasteiger partial charge in [-0.2, -0.15) is 0 Å². The molecule has 1 aromatic carbocycles. The summed E-state index contributed by atoms with van der Waals surface area (Å²) in [4.78, 5) is 19.1. The number of phenols is 1. The van der Waals surface area contributed by atoms with E-state index in [1.54, 1.807) is 24.4 Å². The minimum absolute atomic E-state index is 0.0756. The lowest BCUT2D eigenvalue weighted by Crippen LogP contribution is -2.42. The van der Waals surface area contributed by atoms with E-state index in [9.17, 15) is 9.90 Å². The molecule has 4 nitrogen and oxygen atoms in total. The molecule has 2 aromatic rings. The highest BCUT2D eigenvalue weighted by Crippen LogP contribution is 2.27. The van der Waals surface area contributed by atoms with Crippen LogP contribution in [0.4, 0.5) is 0 Å². The molecule has 0 aliphatic heterocycles. The van der Waals surface area contributed by atoms with E-state index in [0.29, 0.717) is 22.5 Å². The maximum absolute atomic E-state index is 12.9. The van der Waals surface area contributed by atoms with E-state index >= 15 is 0 Å². The van der Waals surface area contributed by atoms with Gasteiger partial charge in [0, 0.05) is 23.2 Å². The van der Waals surface area contributed by atoms with Crippen molar-refractivity contribution in [2.24, 2.45) is 0 Å². The number of nitrogens with zero attached hydrogens (tertiary/aromatic N) is 2. The highest BCUT2D eigenvalue weighted by Gasteiger charge is 2.26. The van der Waals surface area contributed by atoms with Crippen molar-refractivity contribution in [2.75, 3.05) is 7.05 Å². The third-order valence-corrected chi connectivity index (χ3v) is 4.01. The van der Waals surface area contributed by atoms with Crippen molar-refractivity contribution in [3.05, 3.63) is 36.0 Å². The van der Waals surface area contributed by atoms with Crippen LogP contribution < -0.4 is 0 Å². The average Bonchev–Trinajstić information content (AvgIpc) is 2.48. The Morgan fingerprint density at radius 1 is 1.33 bits per heavy atom. The molecular formula is C17H22N2O2. The number of pyridine rings is 1. The molecule has 0 radical (unpaired) electrons. The van der Waals surface area contributed by atoms with Crippen LogP contribution in [-0.4, -0.2) is 39.9 Å². The molecular weight excluding hydrogens is 264 g/mol. The monoisotopic (exact) mass is 286 g/mol. The number of aromatic hydroxyl groups is 1. The summed E-state index contributed by atoms with van der Waals surface area (Å²) in [5.41, 5.74) is 1.10. The van der Waals surface area contributed by atoms with E-state index in [-0.39, 0.29) is 17.6 Å². The molecule has 0 aliphatic rings. The molecule has 112 valence electrons. The largest absolute Gasteiger partial charge is 0.506 e. The van der Waals surface area contributed by atoms with E-state index in [2.05, 4.69) is 23.7 Å². The smallest absolute Gasteiger partial charge is 0.180 e. The van der Waals surface area contributed by atoms with Gasteiger partial charge >= 0.3 is 0 Å². The Kier molecular flexibility index (Phi) is 4.58. The number of carbonyl (C=O) groups is 1. The number of hydrogen-bond acceptors (Lipinski definition) is 4. The number of fused-ring (bicyclic) bond motifs is 1. The zero-order chi connectivity index (χ0) is 15.6. The quantitative estimate of drug-likeness (QED) is 0.857. The van der Waals surface area contributed by atoms with E-state index in [1.165, 1.54) is 0 Å². The van der Waals surface area contributed by atoms with Gasteiger partial charge in [-0.1, -0.05) is 13.0 Å². The predicted octanol–water partition coefficient (Wildman–Crippen LogP) is 3.24. The van der Waals surface area contributed by atoms with Crippen LogP contribution in [0.15, 0.2) is 30.5 Å². The fourth-order valence-electron chi connectivity index (χ4n) is 2.57. The summed E-state index contributed by atoms with van der Waals surface area (Å²) in [6.45, 7) is 6.17. The lowest BCUT2D eigenvalue weighted by molar-refractivity contribution is 0.0810. The number of rotatable bonds is 5. The average molecular weight is 286 g/mol. The molecule has 0 bridgehead atoms. The molecule has 4 heteroatoms. The van der Waals surface area contributed by atoms with E-state index in [0.717, 1.165) is 6.42 Å². The maximum atomic E-state index is 12.9. The first-order valence-corrected chi connectivity index (χ1v) is 7.30. The third kappa shape index (κ3) is 2.90. The summed E-state index contributed by atoms with van der Waals surface area (Å²) in [6, 6.07) is 6.98. The Morgan fingerprint density at radius 3 is 2.67 bits per heavy atom. The first-order valence-electron chi connectivity index (χ1n) is 7.30. The summed E-state index contributed by atoms with van der Waals surface area (Å²) < 4.78 is 0. The van der Waals surface area contributed by atoms with Crippen molar-refractivity contribution < 1.29 is 9.90 Å². The first-order chi connectivity index (χ1) is 9.97. The number of benzene rings is 1. The Hall–Kier alpha value is -1.94. The van der Waals surface area contributed by atoms with Crippen molar-refractivity contribution in [3.8, 4) is 5.75 Å². The van der Waals surface area contributed by atoms with Crippen LogP contribution in [0.5, 0.6) is 5.75 Å². The highest BCUT2D eigenvalue weighted by molar-refractivity contribution is 6.10. The van der Waals surface area contributed by atoms with Gasteiger partial charge in [0.05, 0.1) is 6.04 Å². The van der Waals surface area contributed by atoms with Gasteiger partial charge in [-0.25, -0.2) is 0 Å². The number of hydrogen-bond donors (Lipinski definition) is 1. The SMILES string of the molecule is CCC(C(=O)c1ccc(O)c2ncccc12)N(C)C(C)C. The molecule has 0 aliphatic carbocycles. The first kappa shape index (κ1) is 15.4. The second kappa shape index (κ2) is 6.22. The van der Waals surface area contributed by atoms with Gasteiger partial charge in [0.15, 0.2) is 5.78 Å². The minimum Gasteiger partial charge on any atom is -0.506 e. The lowest BCUT2D eigenvalue weighted by Gasteiger charge is -2.29. The molecule has 0 amide bonds. The van der Waals surface area contributed by atoms with Gasteiger partial charge < -0.3 is 5.11 Å². The molecule has 2 rings (SSSR count). The normalized spacial score (nSPS) is 13.0. The van der Waals surface area contributed by atoms with Crippen molar-refractivity contribution in [1.82, 2.24) is 9.88 Å². The van der Waals surface area contributed by atoms with Crippen LogP contribution in [0.25, 0.3) is 10.9 Å². The van der Waals surface area contributed by atoms with Gasteiger partial charge in [-0.15, -0.1) is 0 Å². The van der Waals surface area contributed by atoms with Gasteiger partial charge in [0.2, 0.25) is 0 Å². The van der Waals surface area contributed by atoms with Gasteiger partial charge in [0.25, 0.3) is 0 Å². The molecule has 0 spiro atoms. The number of ketones is 1. The fraction of sp³-hybridized carbons (Fsp3) is 0.412. The Labute approximate surface area is 125 Å². The predicted molar refractivity (Wildman–Crippen MR) is 84.7 cm³/mol. The van der Waals surface area contributed by atoms with Crippen LogP contribution >= 0.6 is 0 Å². The van der Waals surface area contributed by atoms with Crippen LogP contribution in [-0.2, 0) is 0 Å². The van der Waals surface area contributed by atoms with Gasteiger partial charge in [0.1, 0.15) is 11.3 Å². The summed E-state index contributed by atoms with van der Waals surface area (Å²) in [5.74, 6) is 0.180. The van der Waals surface area contributed by atoms with E-state index in [1.807, 2.05) is 20.0 Å². The zero-order valence-electron chi connectivity index (χ0n) is 13.0. The molecule has 1 aromatic heterocycles. The number of likely N-dealkylation sites (N-methyl/N-ethyl adjacent to an activating group) is 1. The summed E-state index contributed by atoms with van der Waals surface area (Å²) >= 11 is 0. The van der Waals surface area contributed by atoms with Crippen molar-refractivity contribution in [2.45, 2.75) is 39.3 Å². The van der Waals surface area contributed by atoms with Crippen molar-refractivity contribution in [1.29, 1.82) is 0 Å². The molecule has 21 heavy (non-hydrogen) atoms. The van der Waals surface area contributed by atoms with Gasteiger partial charge in [-0.05, 0) is 45.5 Å². The van der Waals surface area contributed by atoms with E-state index in [4.69, 9.17) is 0 Å². The van der Waals surface area contributed by atoms with Crippen LogP contribution in [0.2, 0.25) is 0 Å². The maximum Gasteiger partial charge on any atom is 0.180 e. The summed E-state index contributed by atoms with van der Waals surface area (Å²) in [6.07, 6.45) is 2.37. The lowest BCUT2D eigenvalue weighted by atomic mass is 9.96. The second-order valence-corrected chi connectivity index (χ2v) is 5.58. The number of aromatic nitrogens is 1. The van der Waals surface area contributed by atoms with Crippen molar-refractivity contribution in [3.63, 3.8) is 0 Å². The molecule has 1 unspecified atom stereocenters. The molecule has 1 heterocycles. The van der Waals surface area contributed by atoms with E-state index < -0.39 is 0 Å². The number of carbonyl (C=O) groups excluding carboxylic acids is 1. The topological polar surface area (TPSA) is 53.4 Å². The van der Waals surface area contributed by atoms with Crippen LogP contribution in [0, 0.1) is 0 Å². The van der Waals surface area contributed by atoms with Crippen LogP contribution in [0.1, 0.15) is 37.6 Å². The Bertz CT molecular complexity index is 652. The molecule has 0 saturated carbocycles. The Morgan fingerprint density at radius 2 is 2.05 bits per heavy atom. The molecule has 0 saturated heterocycles. The molecule has 1 N–H and O–H groups in total. The highest BCUT2D eigenvalue weighted by atomic mass is 16.3. The second-order valence-electron chi connectivity index (χ2n) is 5.58. The standard InChI is InChI=1S/C17H22N2O2/c1-5-14(19(4)11(2)3)17(21)13-8-9-15(20)16-12(13)7-6-10-18-16/h6-11,14,20H,5H2,1-4H3. The minimum atomic E-state index is -0.169. The fourth-order valence-corrected chi connectivity index (χ4v) is 2.57. The summed E-state index contributed by atoms with van der Waals surface area (Å²) in [7, 11) is 1.97. The Balaban J connectivity index is 2.51. The number of phenolic OH excluding ortho intramolecular Hbond substituents is 1. The van der Waals surface area contributed by atoms with Crippen molar-refractivity contribution >= 4 is 16.7 Å². The molecule has 0 fully saturated rings. The molecule has 1 atom stereocenters. The number of Topliss-reactive ketones (excluding diaryl/α,β-unsaturated/α-hetero) is 1. The van der Waals surface area contributed by atoms with Crippen LogP contribution in [0.3, 0.4) is 0 Å². The van der Waals surface area contributed by atoms with Gasteiger partial charge in [-0.3, -0.25) is 14.7 Å². The summed E-state index contributed by atoms with van der Waals surface area (Å²) in [5, 5.41) is 10.6. The zero-order valence-corrected chi connectivity index (χ0v) is 13.0.